The van der Waals surface area contributed by atoms with Crippen LogP contribution in [0.25, 0.3) is 0 Å². The second-order valence-corrected chi connectivity index (χ2v) is 11.9. The molecule has 1 aromatic heterocycles. The second-order valence-electron chi connectivity index (χ2n) is 9.46. The van der Waals surface area contributed by atoms with E-state index in [2.05, 4.69) is 42.8 Å². The Balaban J connectivity index is 1.58. The first-order valence-corrected chi connectivity index (χ1v) is 13.0. The van der Waals surface area contributed by atoms with E-state index < -0.39 is 0 Å². The van der Waals surface area contributed by atoms with Gasteiger partial charge in [0, 0.05) is 26.2 Å². The Hall–Kier alpha value is -2.13. The minimum absolute atomic E-state index is 0.268. The Labute approximate surface area is 213 Å². The molecule has 0 fully saturated rings. The molecule has 33 heavy (non-hydrogen) atoms. The third kappa shape index (κ3) is 5.69. The van der Waals surface area contributed by atoms with Gasteiger partial charge in [0.15, 0.2) is 0 Å². The molecule has 0 radical (unpaired) electrons. The predicted octanol–water partition coefficient (Wildman–Crippen LogP) is 8.52. The van der Waals surface area contributed by atoms with E-state index in [1.165, 1.54) is 10.4 Å². The monoisotopic (exact) mass is 540 g/mol. The molecule has 0 bridgehead atoms. The summed E-state index contributed by atoms with van der Waals surface area (Å²) in [6.07, 6.45) is 4.92. The van der Waals surface area contributed by atoms with Crippen molar-refractivity contribution in [2.24, 2.45) is 16.3 Å². The molecular formula is C27H26BrClN2OS. The molecule has 1 aliphatic carbocycles. The van der Waals surface area contributed by atoms with Gasteiger partial charge in [0.05, 0.1) is 5.56 Å². The molecule has 6 heteroatoms. The third-order valence-corrected chi connectivity index (χ3v) is 8.09. The number of hydrogen-bond acceptors (Lipinski definition) is 4. The van der Waals surface area contributed by atoms with E-state index in [-0.39, 0.29) is 5.41 Å². The lowest BCUT2D eigenvalue weighted by molar-refractivity contribution is 0.218. The molecule has 0 saturated carbocycles. The number of benzene rings is 2. The van der Waals surface area contributed by atoms with Crippen LogP contribution in [0.1, 0.15) is 54.3 Å². The Kier molecular flexibility index (Phi) is 7.28. The van der Waals surface area contributed by atoms with Gasteiger partial charge in [-0.25, -0.2) is 4.99 Å². The molecule has 1 heterocycles. The van der Waals surface area contributed by atoms with Crippen molar-refractivity contribution in [3.63, 3.8) is 0 Å². The molecule has 2 aromatic carbocycles. The predicted molar refractivity (Wildman–Crippen MR) is 141 cm³/mol. The van der Waals surface area contributed by atoms with Crippen LogP contribution >= 0.6 is 38.9 Å². The summed E-state index contributed by atoms with van der Waals surface area (Å²) in [6, 6.07) is 15.9. The van der Waals surface area contributed by atoms with Crippen LogP contribution in [-0.4, -0.2) is 6.21 Å². The van der Waals surface area contributed by atoms with E-state index in [9.17, 15) is 5.26 Å². The fraction of sp³-hybridized carbons (Fsp3) is 0.333. The van der Waals surface area contributed by atoms with E-state index in [0.29, 0.717) is 17.5 Å². The molecule has 4 rings (SSSR count). The van der Waals surface area contributed by atoms with Crippen molar-refractivity contribution in [2.75, 3.05) is 0 Å². The number of hydrogen-bond donors (Lipinski definition) is 0. The maximum Gasteiger partial charge on any atom is 0.134 e. The summed E-state index contributed by atoms with van der Waals surface area (Å²) in [6.45, 7) is 7.35. The first kappa shape index (κ1) is 24.0. The molecule has 1 atom stereocenters. The van der Waals surface area contributed by atoms with Crippen molar-refractivity contribution in [3.05, 3.63) is 79.1 Å². The molecule has 170 valence electrons. The van der Waals surface area contributed by atoms with Gasteiger partial charge < -0.3 is 4.74 Å². The maximum absolute atomic E-state index is 9.86. The number of nitrogens with zero attached hydrogens (tertiary/aromatic N) is 2. The van der Waals surface area contributed by atoms with Crippen LogP contribution in [0.15, 0.2) is 51.9 Å². The first-order valence-electron chi connectivity index (χ1n) is 11.0. The van der Waals surface area contributed by atoms with Crippen molar-refractivity contribution in [1.29, 1.82) is 5.26 Å². The first-order chi connectivity index (χ1) is 15.7. The molecule has 3 nitrogen and oxygen atoms in total. The largest absolute Gasteiger partial charge is 0.488 e. The summed E-state index contributed by atoms with van der Waals surface area (Å²) < 4.78 is 7.03. The summed E-state index contributed by atoms with van der Waals surface area (Å²) in [5.74, 6) is 1.37. The van der Waals surface area contributed by atoms with Crippen molar-refractivity contribution < 1.29 is 4.74 Å². The lowest BCUT2D eigenvalue weighted by atomic mass is 9.72. The van der Waals surface area contributed by atoms with Gasteiger partial charge in [0.2, 0.25) is 0 Å². The number of aliphatic imine (C=N–C) groups is 1. The maximum atomic E-state index is 9.86. The lowest BCUT2D eigenvalue weighted by Crippen LogP contribution is -2.26. The molecule has 0 aliphatic heterocycles. The highest BCUT2D eigenvalue weighted by Crippen LogP contribution is 2.45. The fourth-order valence-corrected chi connectivity index (χ4v) is 5.86. The van der Waals surface area contributed by atoms with Crippen molar-refractivity contribution in [1.82, 2.24) is 0 Å². The summed E-state index contributed by atoms with van der Waals surface area (Å²) in [7, 11) is 0. The smallest absolute Gasteiger partial charge is 0.134 e. The van der Waals surface area contributed by atoms with Crippen LogP contribution in [-0.2, 0) is 19.4 Å². The molecular weight excluding hydrogens is 516 g/mol. The van der Waals surface area contributed by atoms with E-state index in [0.717, 1.165) is 51.2 Å². The van der Waals surface area contributed by atoms with Gasteiger partial charge in [-0.1, -0.05) is 60.4 Å². The van der Waals surface area contributed by atoms with Gasteiger partial charge in [-0.2, -0.15) is 5.26 Å². The van der Waals surface area contributed by atoms with Crippen molar-refractivity contribution in [2.45, 2.75) is 46.6 Å². The molecule has 0 unspecified atom stereocenters. The van der Waals surface area contributed by atoms with Crippen LogP contribution in [0.4, 0.5) is 5.00 Å². The fourth-order valence-electron chi connectivity index (χ4n) is 4.14. The molecule has 0 saturated heterocycles. The number of thiophene rings is 1. The highest BCUT2D eigenvalue weighted by atomic mass is 79.9. The Morgan fingerprint density at radius 2 is 2.00 bits per heavy atom. The number of fused-ring (bicyclic) bond motifs is 1. The Morgan fingerprint density at radius 3 is 2.70 bits per heavy atom. The number of halogens is 2. The van der Waals surface area contributed by atoms with E-state index in [4.69, 9.17) is 21.3 Å². The van der Waals surface area contributed by atoms with Gasteiger partial charge in [0.25, 0.3) is 0 Å². The van der Waals surface area contributed by atoms with Crippen LogP contribution in [0.2, 0.25) is 5.02 Å². The van der Waals surface area contributed by atoms with Gasteiger partial charge in [0.1, 0.15) is 23.4 Å². The van der Waals surface area contributed by atoms with Crippen molar-refractivity contribution in [3.8, 4) is 11.8 Å². The zero-order valence-electron chi connectivity index (χ0n) is 19.0. The molecule has 0 spiro atoms. The zero-order chi connectivity index (χ0) is 23.6. The van der Waals surface area contributed by atoms with Crippen LogP contribution in [0, 0.1) is 22.7 Å². The molecule has 0 N–H and O–H groups in total. The van der Waals surface area contributed by atoms with Gasteiger partial charge >= 0.3 is 0 Å². The standard InChI is InChI=1S/C27H26BrClN2OS/c1-27(2,3)19-6-10-22-23(14-30)26(33-25(22)13-19)31-15-18-12-20(28)7-11-24(18)32-16-17-4-8-21(29)9-5-17/h4-5,7-9,11-12,15,19H,6,10,13,16H2,1-3H3/t19-/m1/s1. The molecule has 3 aromatic rings. The van der Waals surface area contributed by atoms with Gasteiger partial charge in [-0.15, -0.1) is 11.3 Å². The molecule has 1 aliphatic rings. The minimum atomic E-state index is 0.268. The Bertz CT molecular complexity index is 1220. The van der Waals surface area contributed by atoms with Crippen LogP contribution in [0.3, 0.4) is 0 Å². The highest BCUT2D eigenvalue weighted by Gasteiger charge is 2.32. The summed E-state index contributed by atoms with van der Waals surface area (Å²) in [5, 5.41) is 11.4. The van der Waals surface area contributed by atoms with E-state index >= 15 is 0 Å². The zero-order valence-corrected chi connectivity index (χ0v) is 22.1. The highest BCUT2D eigenvalue weighted by molar-refractivity contribution is 9.10. The minimum Gasteiger partial charge on any atom is -0.488 e. The SMILES string of the molecule is CC(C)(C)[C@@H]1CCc2c(sc(N=Cc3cc(Br)ccc3OCc3ccc(Cl)cc3)c2C#N)C1. The van der Waals surface area contributed by atoms with Crippen LogP contribution < -0.4 is 4.74 Å². The third-order valence-electron chi connectivity index (χ3n) is 6.18. The van der Waals surface area contributed by atoms with Crippen LogP contribution in [0.5, 0.6) is 5.75 Å². The average Bonchev–Trinajstić information content (AvgIpc) is 3.14. The average molecular weight is 542 g/mol. The topological polar surface area (TPSA) is 45.4 Å². The normalized spacial score (nSPS) is 15.9. The number of ether oxygens (including phenoxy) is 1. The summed E-state index contributed by atoms with van der Waals surface area (Å²) >= 11 is 11.2. The van der Waals surface area contributed by atoms with E-state index in [1.54, 1.807) is 17.6 Å². The van der Waals surface area contributed by atoms with Crippen molar-refractivity contribution >= 4 is 50.1 Å². The lowest BCUT2D eigenvalue weighted by Gasteiger charge is -2.33. The van der Waals surface area contributed by atoms with E-state index in [1.807, 2.05) is 42.5 Å². The van der Waals surface area contributed by atoms with Gasteiger partial charge in [-0.05, 0) is 72.1 Å². The number of rotatable bonds is 5. The summed E-state index contributed by atoms with van der Waals surface area (Å²) in [4.78, 5) is 6.08. The Morgan fingerprint density at radius 1 is 1.24 bits per heavy atom. The molecule has 0 amide bonds. The summed E-state index contributed by atoms with van der Waals surface area (Å²) in [5.41, 5.74) is 4.10. The quantitative estimate of drug-likeness (QED) is 0.304. The number of nitriles is 1. The second kappa shape index (κ2) is 10.0. The van der Waals surface area contributed by atoms with Gasteiger partial charge in [-0.3, -0.25) is 0 Å².